The number of ether oxygens (including phenoxy) is 1. The zero-order chi connectivity index (χ0) is 13.1. The highest BCUT2D eigenvalue weighted by molar-refractivity contribution is 5.75. The van der Waals surface area contributed by atoms with Gasteiger partial charge in [0.25, 0.3) is 5.56 Å². The van der Waals surface area contributed by atoms with Gasteiger partial charge in [0, 0.05) is 25.3 Å². The SMILES string of the molecule is COc1cnc2ccc(=O)n(CC(C)CO)c2c1. The molecule has 1 unspecified atom stereocenters. The van der Waals surface area contributed by atoms with Crippen LogP contribution in [0.15, 0.2) is 29.2 Å². The molecule has 96 valence electrons. The third-order valence-corrected chi connectivity index (χ3v) is 2.85. The molecule has 2 rings (SSSR count). The van der Waals surface area contributed by atoms with Gasteiger partial charge in [0.2, 0.25) is 0 Å². The van der Waals surface area contributed by atoms with Crippen LogP contribution < -0.4 is 10.3 Å². The summed E-state index contributed by atoms with van der Waals surface area (Å²) in [7, 11) is 1.56. The molecule has 0 saturated carbocycles. The fourth-order valence-electron chi connectivity index (χ4n) is 1.82. The minimum absolute atomic E-state index is 0.0134. The van der Waals surface area contributed by atoms with Crippen LogP contribution in [-0.4, -0.2) is 28.4 Å². The number of hydrogen-bond acceptors (Lipinski definition) is 4. The average Bonchev–Trinajstić information content (AvgIpc) is 2.41. The van der Waals surface area contributed by atoms with Gasteiger partial charge in [-0.05, 0) is 12.0 Å². The summed E-state index contributed by atoms with van der Waals surface area (Å²) >= 11 is 0. The molecule has 0 saturated heterocycles. The molecule has 5 nitrogen and oxygen atoms in total. The van der Waals surface area contributed by atoms with Crippen molar-refractivity contribution in [3.05, 3.63) is 34.7 Å². The highest BCUT2D eigenvalue weighted by Gasteiger charge is 2.08. The quantitative estimate of drug-likeness (QED) is 0.877. The average molecular weight is 248 g/mol. The number of rotatable bonds is 4. The van der Waals surface area contributed by atoms with Crippen LogP contribution in [-0.2, 0) is 6.54 Å². The predicted octanol–water partition coefficient (Wildman–Crippen LogP) is 1.03. The molecule has 0 fully saturated rings. The lowest BCUT2D eigenvalue weighted by molar-refractivity contribution is 0.223. The molecule has 0 aromatic carbocycles. The van der Waals surface area contributed by atoms with E-state index in [0.717, 1.165) is 11.0 Å². The second kappa shape index (κ2) is 5.18. The minimum atomic E-state index is -0.0992. The Morgan fingerprint density at radius 1 is 1.50 bits per heavy atom. The van der Waals surface area contributed by atoms with Gasteiger partial charge in [-0.25, -0.2) is 0 Å². The maximum Gasteiger partial charge on any atom is 0.251 e. The summed E-state index contributed by atoms with van der Waals surface area (Å²) in [5.74, 6) is 0.623. The Hall–Kier alpha value is -1.88. The molecule has 0 aliphatic carbocycles. The van der Waals surface area contributed by atoms with Crippen molar-refractivity contribution in [1.82, 2.24) is 9.55 Å². The number of pyridine rings is 2. The maximum absolute atomic E-state index is 11.9. The normalized spacial score (nSPS) is 12.6. The topological polar surface area (TPSA) is 64.3 Å². The van der Waals surface area contributed by atoms with Crippen molar-refractivity contribution in [1.29, 1.82) is 0 Å². The van der Waals surface area contributed by atoms with Gasteiger partial charge in [0.05, 0.1) is 24.3 Å². The first-order valence-electron chi connectivity index (χ1n) is 5.80. The number of aliphatic hydroxyl groups excluding tert-OH is 1. The smallest absolute Gasteiger partial charge is 0.251 e. The molecule has 18 heavy (non-hydrogen) atoms. The lowest BCUT2D eigenvalue weighted by Gasteiger charge is -2.13. The van der Waals surface area contributed by atoms with E-state index in [1.54, 1.807) is 30.0 Å². The first kappa shape index (κ1) is 12.6. The summed E-state index contributed by atoms with van der Waals surface area (Å²) in [5, 5.41) is 9.10. The summed E-state index contributed by atoms with van der Waals surface area (Å²) in [4.78, 5) is 16.1. The van der Waals surface area contributed by atoms with Crippen molar-refractivity contribution in [2.24, 2.45) is 5.92 Å². The lowest BCUT2D eigenvalue weighted by Crippen LogP contribution is -2.24. The first-order chi connectivity index (χ1) is 8.65. The van der Waals surface area contributed by atoms with Crippen molar-refractivity contribution in [3.63, 3.8) is 0 Å². The molecular formula is C13H16N2O3. The predicted molar refractivity (Wildman–Crippen MR) is 68.8 cm³/mol. The first-order valence-corrected chi connectivity index (χ1v) is 5.80. The van der Waals surface area contributed by atoms with Crippen molar-refractivity contribution < 1.29 is 9.84 Å². The van der Waals surface area contributed by atoms with Gasteiger partial charge in [-0.1, -0.05) is 6.92 Å². The van der Waals surface area contributed by atoms with E-state index >= 15 is 0 Å². The molecule has 0 radical (unpaired) electrons. The Morgan fingerprint density at radius 3 is 2.94 bits per heavy atom. The van der Waals surface area contributed by atoms with E-state index in [4.69, 9.17) is 9.84 Å². The second-order valence-corrected chi connectivity index (χ2v) is 4.35. The Morgan fingerprint density at radius 2 is 2.28 bits per heavy atom. The van der Waals surface area contributed by atoms with E-state index in [0.29, 0.717) is 12.3 Å². The Bertz CT molecular complexity index is 607. The number of aliphatic hydroxyl groups is 1. The molecule has 0 spiro atoms. The largest absolute Gasteiger partial charge is 0.495 e. The summed E-state index contributed by atoms with van der Waals surface area (Å²) in [6.07, 6.45) is 1.62. The monoisotopic (exact) mass is 248 g/mol. The number of methoxy groups -OCH3 is 1. The van der Waals surface area contributed by atoms with E-state index in [9.17, 15) is 4.79 Å². The van der Waals surface area contributed by atoms with Gasteiger partial charge >= 0.3 is 0 Å². The molecule has 2 aromatic heterocycles. The standard InChI is InChI=1S/C13H16N2O3/c1-9(8-16)7-15-12-5-10(18-2)6-14-11(12)3-4-13(15)17/h3-6,9,16H,7-8H2,1-2H3. The Balaban J connectivity index is 2.60. The summed E-state index contributed by atoms with van der Waals surface area (Å²) in [6, 6.07) is 4.97. The van der Waals surface area contributed by atoms with Gasteiger partial charge in [0.1, 0.15) is 5.75 Å². The highest BCUT2D eigenvalue weighted by atomic mass is 16.5. The third kappa shape index (κ3) is 2.36. The van der Waals surface area contributed by atoms with Crippen LogP contribution in [0.2, 0.25) is 0 Å². The van der Waals surface area contributed by atoms with Crippen molar-refractivity contribution in [2.45, 2.75) is 13.5 Å². The molecule has 0 aliphatic heterocycles. The molecule has 1 atom stereocenters. The van der Waals surface area contributed by atoms with Crippen LogP contribution in [0.1, 0.15) is 6.92 Å². The van der Waals surface area contributed by atoms with Gasteiger partial charge in [-0.3, -0.25) is 9.78 Å². The zero-order valence-corrected chi connectivity index (χ0v) is 10.5. The van der Waals surface area contributed by atoms with Crippen molar-refractivity contribution >= 4 is 11.0 Å². The zero-order valence-electron chi connectivity index (χ0n) is 10.5. The molecule has 2 aromatic rings. The summed E-state index contributed by atoms with van der Waals surface area (Å²) < 4.78 is 6.74. The molecule has 1 N–H and O–H groups in total. The van der Waals surface area contributed by atoms with E-state index in [-0.39, 0.29) is 18.1 Å². The number of fused-ring (bicyclic) bond motifs is 1. The molecule has 0 aliphatic rings. The van der Waals surface area contributed by atoms with Crippen LogP contribution in [0.25, 0.3) is 11.0 Å². The fourth-order valence-corrected chi connectivity index (χ4v) is 1.82. The molecule has 0 bridgehead atoms. The third-order valence-electron chi connectivity index (χ3n) is 2.85. The van der Waals surface area contributed by atoms with E-state index in [1.807, 2.05) is 6.92 Å². The lowest BCUT2D eigenvalue weighted by atomic mass is 10.2. The van der Waals surface area contributed by atoms with Crippen molar-refractivity contribution in [2.75, 3.05) is 13.7 Å². The molecule has 2 heterocycles. The summed E-state index contributed by atoms with van der Waals surface area (Å²) in [6.45, 7) is 2.39. The van der Waals surface area contributed by atoms with Gasteiger partial charge in [-0.2, -0.15) is 0 Å². The summed E-state index contributed by atoms with van der Waals surface area (Å²) in [5.41, 5.74) is 1.36. The van der Waals surface area contributed by atoms with Crippen LogP contribution in [0, 0.1) is 5.92 Å². The van der Waals surface area contributed by atoms with Crippen LogP contribution in [0.5, 0.6) is 5.75 Å². The number of hydrogen-bond donors (Lipinski definition) is 1. The van der Waals surface area contributed by atoms with Gasteiger partial charge in [-0.15, -0.1) is 0 Å². The number of aromatic nitrogens is 2. The maximum atomic E-state index is 11.9. The highest BCUT2D eigenvalue weighted by Crippen LogP contribution is 2.17. The molecular weight excluding hydrogens is 232 g/mol. The van der Waals surface area contributed by atoms with Gasteiger partial charge in [0.15, 0.2) is 0 Å². The van der Waals surface area contributed by atoms with Gasteiger partial charge < -0.3 is 14.4 Å². The molecule has 0 amide bonds. The Kier molecular flexibility index (Phi) is 3.62. The minimum Gasteiger partial charge on any atom is -0.495 e. The van der Waals surface area contributed by atoms with E-state index in [2.05, 4.69) is 4.98 Å². The fraction of sp³-hybridized carbons (Fsp3) is 0.385. The second-order valence-electron chi connectivity index (χ2n) is 4.35. The Labute approximate surface area is 105 Å². The van der Waals surface area contributed by atoms with Crippen LogP contribution >= 0.6 is 0 Å². The number of nitrogens with zero attached hydrogens (tertiary/aromatic N) is 2. The van der Waals surface area contributed by atoms with Crippen LogP contribution in [0.4, 0.5) is 0 Å². The molecule has 5 heteroatoms. The van der Waals surface area contributed by atoms with E-state index < -0.39 is 0 Å². The van der Waals surface area contributed by atoms with Crippen LogP contribution in [0.3, 0.4) is 0 Å². The van der Waals surface area contributed by atoms with Crippen molar-refractivity contribution in [3.8, 4) is 5.75 Å². The van der Waals surface area contributed by atoms with E-state index in [1.165, 1.54) is 6.07 Å².